The summed E-state index contributed by atoms with van der Waals surface area (Å²) in [6, 6.07) is 22.0. The maximum atomic E-state index is 13.5. The standard InChI is InChI=1S/C26H21BrN4O3S/c1-34-20-10-6-18(7-11-20)23-15-22(24-3-2-14-35-24)29-31(23)26(33)16-30-25(32)13-12-21(28-30)17-4-8-19(27)9-5-17/h2-14,23H,15-16H2,1H3. The van der Waals surface area contributed by atoms with Crippen LogP contribution in [0.1, 0.15) is 22.9 Å². The van der Waals surface area contributed by atoms with Gasteiger partial charge < -0.3 is 4.74 Å². The second-order valence-electron chi connectivity index (χ2n) is 7.98. The number of thiophene rings is 1. The van der Waals surface area contributed by atoms with E-state index in [-0.39, 0.29) is 24.1 Å². The predicted octanol–water partition coefficient (Wildman–Crippen LogP) is 5.12. The lowest BCUT2D eigenvalue weighted by atomic mass is 10.0. The maximum absolute atomic E-state index is 13.5. The Morgan fingerprint density at radius 1 is 1.09 bits per heavy atom. The van der Waals surface area contributed by atoms with Crippen LogP contribution in [0.4, 0.5) is 0 Å². The number of carbonyl (C=O) groups is 1. The zero-order chi connectivity index (χ0) is 24.4. The van der Waals surface area contributed by atoms with Gasteiger partial charge in [0.1, 0.15) is 12.3 Å². The van der Waals surface area contributed by atoms with Crippen LogP contribution in [0.15, 0.2) is 92.5 Å². The molecule has 0 fully saturated rings. The van der Waals surface area contributed by atoms with Crippen LogP contribution < -0.4 is 10.3 Å². The number of hydrogen-bond donors (Lipinski definition) is 0. The van der Waals surface area contributed by atoms with Gasteiger partial charge in [-0.15, -0.1) is 11.3 Å². The van der Waals surface area contributed by atoms with Crippen molar-refractivity contribution in [1.82, 2.24) is 14.8 Å². The van der Waals surface area contributed by atoms with Gasteiger partial charge in [0.05, 0.1) is 29.4 Å². The van der Waals surface area contributed by atoms with Gasteiger partial charge in [-0.3, -0.25) is 9.59 Å². The fourth-order valence-electron chi connectivity index (χ4n) is 3.95. The zero-order valence-electron chi connectivity index (χ0n) is 18.8. The van der Waals surface area contributed by atoms with Crippen LogP contribution in [-0.4, -0.2) is 33.5 Å². The van der Waals surface area contributed by atoms with Crippen LogP contribution in [-0.2, 0) is 11.3 Å². The second-order valence-corrected chi connectivity index (χ2v) is 9.84. The average Bonchev–Trinajstić information content (AvgIpc) is 3.56. The Labute approximate surface area is 214 Å². The number of hydrazone groups is 1. The summed E-state index contributed by atoms with van der Waals surface area (Å²) in [6.45, 7) is -0.211. The van der Waals surface area contributed by atoms with Crippen LogP contribution >= 0.6 is 27.3 Å². The van der Waals surface area contributed by atoms with Crippen molar-refractivity contribution in [3.63, 3.8) is 0 Å². The molecule has 3 heterocycles. The first kappa shape index (κ1) is 23.2. The van der Waals surface area contributed by atoms with Gasteiger partial charge in [0, 0.05) is 22.5 Å². The van der Waals surface area contributed by atoms with Crippen LogP contribution in [0.25, 0.3) is 11.3 Å². The van der Waals surface area contributed by atoms with E-state index in [1.54, 1.807) is 24.5 Å². The summed E-state index contributed by atoms with van der Waals surface area (Å²) in [5.74, 6) is 0.435. The van der Waals surface area contributed by atoms with E-state index in [0.29, 0.717) is 12.1 Å². The molecule has 0 N–H and O–H groups in total. The summed E-state index contributed by atoms with van der Waals surface area (Å²) < 4.78 is 7.42. The highest BCUT2D eigenvalue weighted by molar-refractivity contribution is 9.10. The lowest BCUT2D eigenvalue weighted by Gasteiger charge is -2.22. The monoisotopic (exact) mass is 548 g/mol. The minimum absolute atomic E-state index is 0.211. The number of nitrogens with zero attached hydrogens (tertiary/aromatic N) is 4. The van der Waals surface area contributed by atoms with Gasteiger partial charge in [0.25, 0.3) is 11.5 Å². The summed E-state index contributed by atoms with van der Waals surface area (Å²) in [5, 5.41) is 12.6. The first-order valence-electron chi connectivity index (χ1n) is 10.9. The lowest BCUT2D eigenvalue weighted by molar-refractivity contribution is -0.133. The predicted molar refractivity (Wildman–Crippen MR) is 140 cm³/mol. The number of hydrogen-bond acceptors (Lipinski definition) is 6. The Morgan fingerprint density at radius 3 is 2.54 bits per heavy atom. The highest BCUT2D eigenvalue weighted by Gasteiger charge is 2.33. The van der Waals surface area contributed by atoms with Crippen LogP contribution in [0.5, 0.6) is 5.75 Å². The van der Waals surface area contributed by atoms with Gasteiger partial charge >= 0.3 is 0 Å². The highest BCUT2D eigenvalue weighted by atomic mass is 79.9. The van der Waals surface area contributed by atoms with E-state index >= 15 is 0 Å². The van der Waals surface area contributed by atoms with Crippen molar-refractivity contribution < 1.29 is 9.53 Å². The molecule has 5 rings (SSSR count). The lowest BCUT2D eigenvalue weighted by Crippen LogP contribution is -2.34. The number of carbonyl (C=O) groups excluding carboxylic acids is 1. The first-order chi connectivity index (χ1) is 17.0. The molecule has 9 heteroatoms. The molecule has 0 radical (unpaired) electrons. The van der Waals surface area contributed by atoms with Crippen molar-refractivity contribution in [2.45, 2.75) is 19.0 Å². The van der Waals surface area contributed by atoms with E-state index < -0.39 is 0 Å². The van der Waals surface area contributed by atoms with Crippen LogP contribution in [0.3, 0.4) is 0 Å². The van der Waals surface area contributed by atoms with Gasteiger partial charge in [0.2, 0.25) is 0 Å². The minimum atomic E-state index is -0.345. The molecule has 1 amide bonds. The Hall–Kier alpha value is -3.56. The van der Waals surface area contributed by atoms with E-state index in [9.17, 15) is 9.59 Å². The summed E-state index contributed by atoms with van der Waals surface area (Å²) in [5.41, 5.74) is 2.91. The molecule has 0 spiro atoms. The molecule has 0 aliphatic carbocycles. The van der Waals surface area contributed by atoms with E-state index in [4.69, 9.17) is 4.74 Å². The summed E-state index contributed by atoms with van der Waals surface area (Å²) in [6.07, 6.45) is 0.583. The molecule has 1 aliphatic rings. The SMILES string of the molecule is COc1ccc(C2CC(c3cccs3)=NN2C(=O)Cn2nc(-c3ccc(Br)cc3)ccc2=O)cc1. The molecular formula is C26H21BrN4O3S. The Bertz CT molecular complexity index is 1430. The van der Waals surface area contributed by atoms with Crippen molar-refractivity contribution in [2.24, 2.45) is 5.10 Å². The topological polar surface area (TPSA) is 76.8 Å². The molecule has 2 aromatic carbocycles. The third kappa shape index (κ3) is 4.96. The molecule has 7 nitrogen and oxygen atoms in total. The fourth-order valence-corrected chi connectivity index (χ4v) is 4.94. The number of aromatic nitrogens is 2. The average molecular weight is 549 g/mol. The minimum Gasteiger partial charge on any atom is -0.497 e. The van der Waals surface area contributed by atoms with Crippen molar-refractivity contribution in [3.05, 3.63) is 103 Å². The van der Waals surface area contributed by atoms with E-state index in [1.807, 2.05) is 66.0 Å². The van der Waals surface area contributed by atoms with E-state index in [2.05, 4.69) is 26.1 Å². The number of ether oxygens (including phenoxy) is 1. The largest absolute Gasteiger partial charge is 0.497 e. The Balaban J connectivity index is 1.45. The Morgan fingerprint density at radius 2 is 1.86 bits per heavy atom. The van der Waals surface area contributed by atoms with Crippen LogP contribution in [0, 0.1) is 0 Å². The maximum Gasteiger partial charge on any atom is 0.267 e. The first-order valence-corrected chi connectivity index (χ1v) is 12.6. The smallest absolute Gasteiger partial charge is 0.267 e. The fraction of sp³-hybridized carbons (Fsp3) is 0.154. The molecule has 1 unspecified atom stereocenters. The van der Waals surface area contributed by atoms with Crippen molar-refractivity contribution in [3.8, 4) is 17.0 Å². The van der Waals surface area contributed by atoms with Gasteiger partial charge in [-0.2, -0.15) is 10.2 Å². The molecule has 0 bridgehead atoms. The number of benzene rings is 2. The second kappa shape index (κ2) is 9.97. The van der Waals surface area contributed by atoms with E-state index in [1.165, 1.54) is 15.8 Å². The molecule has 1 atom stereocenters. The highest BCUT2D eigenvalue weighted by Crippen LogP contribution is 2.34. The number of rotatable bonds is 6. The zero-order valence-corrected chi connectivity index (χ0v) is 21.2. The summed E-state index contributed by atoms with van der Waals surface area (Å²) >= 11 is 5.01. The number of amides is 1. The third-order valence-electron chi connectivity index (χ3n) is 5.76. The Kier molecular flexibility index (Phi) is 6.61. The van der Waals surface area contributed by atoms with Crippen molar-refractivity contribution in [2.75, 3.05) is 7.11 Å². The van der Waals surface area contributed by atoms with Crippen molar-refractivity contribution in [1.29, 1.82) is 0 Å². The van der Waals surface area contributed by atoms with Crippen LogP contribution in [0.2, 0.25) is 0 Å². The van der Waals surface area contributed by atoms with Gasteiger partial charge in [0.15, 0.2) is 0 Å². The molecule has 0 saturated carbocycles. The van der Waals surface area contributed by atoms with Gasteiger partial charge in [-0.05, 0) is 47.3 Å². The molecule has 4 aromatic rings. The number of methoxy groups -OCH3 is 1. The van der Waals surface area contributed by atoms with Crippen molar-refractivity contribution >= 4 is 38.9 Å². The molecular weight excluding hydrogens is 528 g/mol. The normalized spacial score (nSPS) is 15.2. The van der Waals surface area contributed by atoms with E-state index in [0.717, 1.165) is 31.9 Å². The van der Waals surface area contributed by atoms with Gasteiger partial charge in [-0.25, -0.2) is 9.69 Å². The summed E-state index contributed by atoms with van der Waals surface area (Å²) in [4.78, 5) is 27.0. The molecule has 2 aromatic heterocycles. The van der Waals surface area contributed by atoms with Gasteiger partial charge in [-0.1, -0.05) is 46.3 Å². The quantitative estimate of drug-likeness (QED) is 0.335. The molecule has 176 valence electrons. The molecule has 0 saturated heterocycles. The third-order valence-corrected chi connectivity index (χ3v) is 7.21. The summed E-state index contributed by atoms with van der Waals surface area (Å²) in [7, 11) is 1.62. The molecule has 1 aliphatic heterocycles. The number of halogens is 1. The molecule has 35 heavy (non-hydrogen) atoms.